The Morgan fingerprint density at radius 2 is 1.94 bits per heavy atom. The molecule has 3 aliphatic rings. The van der Waals surface area contributed by atoms with E-state index in [0.717, 1.165) is 30.0 Å². The van der Waals surface area contributed by atoms with E-state index in [2.05, 4.69) is 24.1 Å². The maximum atomic E-state index is 3.73. The zero-order chi connectivity index (χ0) is 11.8. The molecule has 1 saturated heterocycles. The normalized spacial score (nSPS) is 38.6. The van der Waals surface area contributed by atoms with Gasteiger partial charge in [0, 0.05) is 18.1 Å². The minimum Gasteiger partial charge on any atom is -0.314 e. The van der Waals surface area contributed by atoms with Crippen LogP contribution in [0.15, 0.2) is 0 Å². The summed E-state index contributed by atoms with van der Waals surface area (Å²) in [5, 5.41) is 3.73. The highest BCUT2D eigenvalue weighted by molar-refractivity contribution is 4.96. The summed E-state index contributed by atoms with van der Waals surface area (Å²) >= 11 is 0. The minimum atomic E-state index is 0.843. The van der Waals surface area contributed by atoms with Gasteiger partial charge in [-0.15, -0.1) is 0 Å². The second kappa shape index (κ2) is 4.89. The van der Waals surface area contributed by atoms with E-state index < -0.39 is 0 Å². The van der Waals surface area contributed by atoms with E-state index in [1.54, 1.807) is 0 Å². The van der Waals surface area contributed by atoms with Crippen molar-refractivity contribution in [3.63, 3.8) is 0 Å². The summed E-state index contributed by atoms with van der Waals surface area (Å²) in [7, 11) is 0. The summed E-state index contributed by atoms with van der Waals surface area (Å²) < 4.78 is 0. The summed E-state index contributed by atoms with van der Waals surface area (Å²) in [4.78, 5) is 2.85. The molecule has 17 heavy (non-hydrogen) atoms. The minimum absolute atomic E-state index is 0.843. The van der Waals surface area contributed by atoms with Crippen LogP contribution in [0.2, 0.25) is 0 Å². The summed E-state index contributed by atoms with van der Waals surface area (Å²) in [5.74, 6) is 1.80. The van der Waals surface area contributed by atoms with E-state index >= 15 is 0 Å². The highest BCUT2D eigenvalue weighted by Gasteiger charge is 2.41. The predicted molar refractivity (Wildman–Crippen MR) is 72.1 cm³/mol. The topological polar surface area (TPSA) is 15.3 Å². The van der Waals surface area contributed by atoms with Crippen LogP contribution in [0.25, 0.3) is 0 Å². The second-order valence-corrected chi connectivity index (χ2v) is 6.78. The molecule has 3 rings (SSSR count). The number of nitrogens with zero attached hydrogens (tertiary/aromatic N) is 1. The van der Waals surface area contributed by atoms with Crippen LogP contribution in [0.3, 0.4) is 0 Å². The van der Waals surface area contributed by atoms with Gasteiger partial charge in [0.15, 0.2) is 0 Å². The largest absolute Gasteiger partial charge is 0.314 e. The first kappa shape index (κ1) is 12.0. The quantitative estimate of drug-likeness (QED) is 0.789. The lowest BCUT2D eigenvalue weighted by Crippen LogP contribution is -2.53. The van der Waals surface area contributed by atoms with Crippen LogP contribution in [0, 0.1) is 11.8 Å². The molecular weight excluding hydrogens is 208 g/mol. The van der Waals surface area contributed by atoms with Gasteiger partial charge in [-0.2, -0.15) is 0 Å². The van der Waals surface area contributed by atoms with Crippen molar-refractivity contribution in [2.75, 3.05) is 13.1 Å². The van der Waals surface area contributed by atoms with Crippen LogP contribution in [0.1, 0.15) is 52.4 Å². The maximum Gasteiger partial charge on any atom is 0.0139 e. The molecule has 2 saturated carbocycles. The number of rotatable bonds is 5. The Bertz CT molecular complexity index is 260. The zero-order valence-electron chi connectivity index (χ0n) is 11.5. The van der Waals surface area contributed by atoms with Crippen LogP contribution in [-0.4, -0.2) is 36.1 Å². The predicted octanol–water partition coefficient (Wildman–Crippen LogP) is 2.64. The number of nitrogens with one attached hydrogen (secondary N) is 1. The Balaban J connectivity index is 1.52. The van der Waals surface area contributed by atoms with Gasteiger partial charge in [0.05, 0.1) is 0 Å². The van der Waals surface area contributed by atoms with Gasteiger partial charge in [0.1, 0.15) is 0 Å². The van der Waals surface area contributed by atoms with E-state index in [1.807, 2.05) is 0 Å². The molecule has 0 aromatic heterocycles. The molecular formula is C15H28N2. The van der Waals surface area contributed by atoms with Crippen molar-refractivity contribution in [2.45, 2.75) is 70.5 Å². The van der Waals surface area contributed by atoms with Gasteiger partial charge in [-0.05, 0) is 63.5 Å². The maximum absolute atomic E-state index is 3.73. The van der Waals surface area contributed by atoms with E-state index in [1.165, 1.54) is 51.6 Å². The lowest BCUT2D eigenvalue weighted by molar-refractivity contribution is 0.0373. The molecule has 3 unspecified atom stereocenters. The van der Waals surface area contributed by atoms with Crippen molar-refractivity contribution in [3.05, 3.63) is 0 Å². The fourth-order valence-electron chi connectivity index (χ4n) is 3.77. The highest BCUT2D eigenvalue weighted by Crippen LogP contribution is 2.38. The molecule has 2 heteroatoms. The Kier molecular flexibility index (Phi) is 3.45. The standard InChI is InChI=1S/C15H28N2/c1-11(2)14-4-3-9-17(14)15-8-5-12(15)10-16-13-6-7-13/h11-16H,3-10H2,1-2H3. The fraction of sp³-hybridized carbons (Fsp3) is 1.00. The molecule has 3 atom stereocenters. The average Bonchev–Trinajstić information content (AvgIpc) is 2.94. The Labute approximate surface area is 106 Å². The molecule has 0 aromatic rings. The van der Waals surface area contributed by atoms with Gasteiger partial charge >= 0.3 is 0 Å². The highest BCUT2D eigenvalue weighted by atomic mass is 15.2. The van der Waals surface area contributed by atoms with E-state index in [0.29, 0.717) is 0 Å². The van der Waals surface area contributed by atoms with Crippen LogP contribution < -0.4 is 5.32 Å². The second-order valence-electron chi connectivity index (χ2n) is 6.78. The molecule has 1 N–H and O–H groups in total. The van der Waals surface area contributed by atoms with E-state index in [4.69, 9.17) is 0 Å². The summed E-state index contributed by atoms with van der Waals surface area (Å²) in [5.41, 5.74) is 0. The molecule has 2 aliphatic carbocycles. The van der Waals surface area contributed by atoms with Gasteiger partial charge in [-0.1, -0.05) is 13.8 Å². The molecule has 1 aliphatic heterocycles. The summed E-state index contributed by atoms with van der Waals surface area (Å²) in [6.45, 7) is 7.46. The van der Waals surface area contributed by atoms with Gasteiger partial charge in [-0.3, -0.25) is 4.90 Å². The monoisotopic (exact) mass is 236 g/mol. The third-order valence-corrected chi connectivity index (χ3v) is 5.16. The van der Waals surface area contributed by atoms with Gasteiger partial charge < -0.3 is 5.32 Å². The van der Waals surface area contributed by atoms with Crippen LogP contribution >= 0.6 is 0 Å². The van der Waals surface area contributed by atoms with Crippen molar-refractivity contribution in [1.29, 1.82) is 0 Å². The first-order chi connectivity index (χ1) is 8.25. The van der Waals surface area contributed by atoms with Crippen molar-refractivity contribution in [3.8, 4) is 0 Å². The van der Waals surface area contributed by atoms with Gasteiger partial charge in [0.2, 0.25) is 0 Å². The summed E-state index contributed by atoms with van der Waals surface area (Å²) in [6.07, 6.45) is 8.65. The molecule has 1 heterocycles. The molecule has 0 aromatic carbocycles. The van der Waals surface area contributed by atoms with Crippen LogP contribution in [-0.2, 0) is 0 Å². The third kappa shape index (κ3) is 2.53. The SMILES string of the molecule is CC(C)C1CCCN1C1CCC1CNC1CC1. The zero-order valence-corrected chi connectivity index (χ0v) is 11.5. The molecule has 0 spiro atoms. The lowest BCUT2D eigenvalue weighted by atomic mass is 9.77. The molecule has 0 bridgehead atoms. The third-order valence-electron chi connectivity index (χ3n) is 5.16. The lowest BCUT2D eigenvalue weighted by Gasteiger charge is -2.46. The smallest absolute Gasteiger partial charge is 0.0139 e. The van der Waals surface area contributed by atoms with Crippen molar-refractivity contribution >= 4 is 0 Å². The first-order valence-corrected chi connectivity index (χ1v) is 7.75. The van der Waals surface area contributed by atoms with Crippen molar-refractivity contribution in [1.82, 2.24) is 10.2 Å². The van der Waals surface area contributed by atoms with Gasteiger partial charge in [0.25, 0.3) is 0 Å². The van der Waals surface area contributed by atoms with Crippen LogP contribution in [0.4, 0.5) is 0 Å². The fourth-order valence-corrected chi connectivity index (χ4v) is 3.77. The van der Waals surface area contributed by atoms with Crippen molar-refractivity contribution < 1.29 is 0 Å². The molecule has 3 fully saturated rings. The molecule has 0 amide bonds. The first-order valence-electron chi connectivity index (χ1n) is 7.75. The summed E-state index contributed by atoms with van der Waals surface area (Å²) in [6, 6.07) is 2.68. The van der Waals surface area contributed by atoms with E-state index in [9.17, 15) is 0 Å². The van der Waals surface area contributed by atoms with Crippen molar-refractivity contribution in [2.24, 2.45) is 11.8 Å². The Hall–Kier alpha value is -0.0800. The molecule has 0 radical (unpaired) electrons. The average molecular weight is 236 g/mol. The number of likely N-dealkylation sites (tertiary alicyclic amines) is 1. The number of hydrogen-bond donors (Lipinski definition) is 1. The van der Waals surface area contributed by atoms with Crippen LogP contribution in [0.5, 0.6) is 0 Å². The number of hydrogen-bond acceptors (Lipinski definition) is 2. The molecule has 98 valence electrons. The Morgan fingerprint density at radius 3 is 2.53 bits per heavy atom. The Morgan fingerprint density at radius 1 is 1.12 bits per heavy atom. The van der Waals surface area contributed by atoms with E-state index in [-0.39, 0.29) is 0 Å². The molecule has 2 nitrogen and oxygen atoms in total. The van der Waals surface area contributed by atoms with Gasteiger partial charge in [-0.25, -0.2) is 0 Å².